The summed E-state index contributed by atoms with van der Waals surface area (Å²) in [5, 5.41) is 0. The van der Waals surface area contributed by atoms with Crippen LogP contribution in [0.3, 0.4) is 0 Å². The molecule has 82 valence electrons. The van der Waals surface area contributed by atoms with Gasteiger partial charge < -0.3 is 0 Å². The SMILES string of the molecule is Fc1ccc(CN2CCC(Br)C2)cc1F. The third kappa shape index (κ3) is 2.75. The maximum absolute atomic E-state index is 12.9. The van der Waals surface area contributed by atoms with Crippen LogP contribution >= 0.6 is 15.9 Å². The van der Waals surface area contributed by atoms with Gasteiger partial charge in [-0.05, 0) is 30.7 Å². The zero-order valence-electron chi connectivity index (χ0n) is 8.22. The molecule has 1 unspecified atom stereocenters. The van der Waals surface area contributed by atoms with E-state index >= 15 is 0 Å². The average Bonchev–Trinajstić information content (AvgIpc) is 2.58. The molecule has 1 aromatic carbocycles. The third-order valence-electron chi connectivity index (χ3n) is 2.61. The first-order chi connectivity index (χ1) is 7.15. The van der Waals surface area contributed by atoms with Crippen molar-refractivity contribution in [2.45, 2.75) is 17.8 Å². The minimum atomic E-state index is -0.779. The first-order valence-electron chi connectivity index (χ1n) is 4.95. The Morgan fingerprint density at radius 3 is 2.73 bits per heavy atom. The lowest BCUT2D eigenvalue weighted by molar-refractivity contribution is 0.331. The van der Waals surface area contributed by atoms with Crippen molar-refractivity contribution in [3.8, 4) is 0 Å². The highest BCUT2D eigenvalue weighted by Crippen LogP contribution is 2.19. The van der Waals surface area contributed by atoms with Crippen LogP contribution in [0.4, 0.5) is 8.78 Å². The van der Waals surface area contributed by atoms with Gasteiger partial charge in [0.2, 0.25) is 0 Å². The van der Waals surface area contributed by atoms with Gasteiger partial charge in [0.15, 0.2) is 11.6 Å². The van der Waals surface area contributed by atoms with E-state index in [1.54, 1.807) is 6.07 Å². The largest absolute Gasteiger partial charge is 0.298 e. The number of halogens is 3. The standard InChI is InChI=1S/C11H12BrF2N/c12-9-3-4-15(7-9)6-8-1-2-10(13)11(14)5-8/h1-2,5,9H,3-4,6-7H2. The molecule has 1 heterocycles. The van der Waals surface area contributed by atoms with Gasteiger partial charge in [-0.2, -0.15) is 0 Å². The molecule has 2 rings (SSSR count). The number of likely N-dealkylation sites (tertiary alicyclic amines) is 1. The minimum absolute atomic E-state index is 0.530. The van der Waals surface area contributed by atoms with Gasteiger partial charge in [-0.25, -0.2) is 8.78 Å². The zero-order valence-corrected chi connectivity index (χ0v) is 9.80. The summed E-state index contributed by atoms with van der Waals surface area (Å²) in [6.45, 7) is 2.67. The number of hydrogen-bond donors (Lipinski definition) is 0. The summed E-state index contributed by atoms with van der Waals surface area (Å²) in [5.41, 5.74) is 0.829. The van der Waals surface area contributed by atoms with Crippen LogP contribution in [0.15, 0.2) is 18.2 Å². The number of benzene rings is 1. The van der Waals surface area contributed by atoms with Crippen molar-refractivity contribution in [1.82, 2.24) is 4.90 Å². The van der Waals surface area contributed by atoms with Crippen LogP contribution in [0.25, 0.3) is 0 Å². The second kappa shape index (κ2) is 4.58. The first-order valence-corrected chi connectivity index (χ1v) is 5.87. The summed E-state index contributed by atoms with van der Waals surface area (Å²) in [6, 6.07) is 4.10. The lowest BCUT2D eigenvalue weighted by Gasteiger charge is -2.14. The van der Waals surface area contributed by atoms with Crippen LogP contribution in [0.2, 0.25) is 0 Å². The second-order valence-corrected chi connectivity index (χ2v) is 5.16. The van der Waals surface area contributed by atoms with Gasteiger partial charge >= 0.3 is 0 Å². The van der Waals surface area contributed by atoms with Gasteiger partial charge in [0, 0.05) is 17.9 Å². The Morgan fingerprint density at radius 1 is 1.33 bits per heavy atom. The molecule has 0 spiro atoms. The highest BCUT2D eigenvalue weighted by atomic mass is 79.9. The van der Waals surface area contributed by atoms with Crippen molar-refractivity contribution in [3.63, 3.8) is 0 Å². The summed E-state index contributed by atoms with van der Waals surface area (Å²) in [5.74, 6) is -1.54. The molecule has 1 aliphatic heterocycles. The molecular formula is C11H12BrF2N. The molecule has 1 saturated heterocycles. The summed E-state index contributed by atoms with van der Waals surface area (Å²) in [7, 11) is 0. The van der Waals surface area contributed by atoms with E-state index in [0.29, 0.717) is 11.4 Å². The van der Waals surface area contributed by atoms with Crippen molar-refractivity contribution in [2.24, 2.45) is 0 Å². The van der Waals surface area contributed by atoms with Crippen LogP contribution < -0.4 is 0 Å². The minimum Gasteiger partial charge on any atom is -0.298 e. The van der Waals surface area contributed by atoms with E-state index in [1.165, 1.54) is 12.1 Å². The van der Waals surface area contributed by atoms with Crippen LogP contribution in [0.5, 0.6) is 0 Å². The molecule has 0 N–H and O–H groups in total. The lowest BCUT2D eigenvalue weighted by atomic mass is 10.2. The molecule has 0 aromatic heterocycles. The molecule has 0 radical (unpaired) electrons. The molecular weight excluding hydrogens is 264 g/mol. The second-order valence-electron chi connectivity index (χ2n) is 3.87. The van der Waals surface area contributed by atoms with E-state index in [1.807, 2.05) is 0 Å². The van der Waals surface area contributed by atoms with Crippen LogP contribution in [-0.4, -0.2) is 22.8 Å². The van der Waals surface area contributed by atoms with Gasteiger partial charge in [0.1, 0.15) is 0 Å². The van der Waals surface area contributed by atoms with Crippen molar-refractivity contribution in [3.05, 3.63) is 35.4 Å². The number of rotatable bonds is 2. The molecule has 15 heavy (non-hydrogen) atoms. The summed E-state index contributed by atoms with van der Waals surface area (Å²) < 4.78 is 25.6. The van der Waals surface area contributed by atoms with Gasteiger partial charge in [0.25, 0.3) is 0 Å². The van der Waals surface area contributed by atoms with Crippen molar-refractivity contribution >= 4 is 15.9 Å². The molecule has 4 heteroatoms. The maximum Gasteiger partial charge on any atom is 0.159 e. The smallest absolute Gasteiger partial charge is 0.159 e. The van der Waals surface area contributed by atoms with Crippen LogP contribution in [0, 0.1) is 11.6 Å². The summed E-state index contributed by atoms with van der Waals surface area (Å²) in [6.07, 6.45) is 1.11. The van der Waals surface area contributed by atoms with E-state index in [0.717, 1.165) is 25.1 Å². The van der Waals surface area contributed by atoms with Crippen molar-refractivity contribution in [1.29, 1.82) is 0 Å². The molecule has 1 fully saturated rings. The molecule has 0 bridgehead atoms. The molecule has 0 aliphatic carbocycles. The molecule has 0 saturated carbocycles. The monoisotopic (exact) mass is 275 g/mol. The molecule has 0 amide bonds. The van der Waals surface area contributed by atoms with Crippen molar-refractivity contribution < 1.29 is 8.78 Å². The zero-order chi connectivity index (χ0) is 10.8. The van der Waals surface area contributed by atoms with E-state index in [9.17, 15) is 8.78 Å². The fraction of sp³-hybridized carbons (Fsp3) is 0.455. The molecule has 1 aliphatic rings. The fourth-order valence-corrected chi connectivity index (χ4v) is 2.44. The van der Waals surface area contributed by atoms with E-state index in [2.05, 4.69) is 20.8 Å². The fourth-order valence-electron chi connectivity index (χ4n) is 1.83. The Morgan fingerprint density at radius 2 is 2.13 bits per heavy atom. The highest BCUT2D eigenvalue weighted by Gasteiger charge is 2.19. The highest BCUT2D eigenvalue weighted by molar-refractivity contribution is 9.09. The van der Waals surface area contributed by atoms with Crippen LogP contribution in [0.1, 0.15) is 12.0 Å². The number of alkyl halides is 1. The summed E-state index contributed by atoms with van der Waals surface area (Å²) in [4.78, 5) is 2.76. The number of hydrogen-bond acceptors (Lipinski definition) is 1. The predicted octanol–water partition coefficient (Wildman–Crippen LogP) is 2.93. The van der Waals surface area contributed by atoms with Gasteiger partial charge in [-0.1, -0.05) is 22.0 Å². The van der Waals surface area contributed by atoms with Crippen LogP contribution in [-0.2, 0) is 6.54 Å². The predicted molar refractivity (Wildman–Crippen MR) is 59.0 cm³/mol. The molecule has 1 aromatic rings. The Hall–Kier alpha value is -0.480. The Labute approximate surface area is 96.2 Å². The first kappa shape index (κ1) is 11.0. The Bertz CT molecular complexity index is 356. The van der Waals surface area contributed by atoms with E-state index in [-0.39, 0.29) is 0 Å². The summed E-state index contributed by atoms with van der Waals surface area (Å²) >= 11 is 3.54. The Kier molecular flexibility index (Phi) is 3.36. The maximum atomic E-state index is 12.9. The topological polar surface area (TPSA) is 3.24 Å². The van der Waals surface area contributed by atoms with Crippen molar-refractivity contribution in [2.75, 3.05) is 13.1 Å². The molecule has 1 atom stereocenters. The van der Waals surface area contributed by atoms with E-state index in [4.69, 9.17) is 0 Å². The average molecular weight is 276 g/mol. The van der Waals surface area contributed by atoms with Gasteiger partial charge in [-0.3, -0.25) is 4.90 Å². The quantitative estimate of drug-likeness (QED) is 0.751. The molecule has 1 nitrogen and oxygen atoms in total. The number of nitrogens with zero attached hydrogens (tertiary/aromatic N) is 1. The van der Waals surface area contributed by atoms with Gasteiger partial charge in [-0.15, -0.1) is 0 Å². The lowest BCUT2D eigenvalue weighted by Crippen LogP contribution is -2.20. The van der Waals surface area contributed by atoms with Gasteiger partial charge in [0.05, 0.1) is 0 Å². The normalized spacial score (nSPS) is 22.2. The van der Waals surface area contributed by atoms with E-state index < -0.39 is 11.6 Å². The third-order valence-corrected chi connectivity index (χ3v) is 3.35. The Balaban J connectivity index is 2.02.